The van der Waals surface area contributed by atoms with Gasteiger partial charge in [0, 0.05) is 48.4 Å². The molecule has 1 aliphatic heterocycles. The number of aromatic nitrogens is 1. The number of rotatable bonds is 4. The van der Waals surface area contributed by atoms with Gasteiger partial charge in [-0.3, -0.25) is 9.88 Å². The second-order valence-corrected chi connectivity index (χ2v) is 8.53. The smallest absolute Gasteiger partial charge is 0.0544 e. The highest BCUT2D eigenvalue weighted by atomic mass is 32.2. The SMILES string of the molecule is CC1SCCN(Cc2ccc(CNC(C)(C)C)cn2)C1C. The van der Waals surface area contributed by atoms with E-state index in [2.05, 4.69) is 73.7 Å². The molecule has 0 amide bonds. The number of pyridine rings is 1. The molecule has 3 nitrogen and oxygen atoms in total. The lowest BCUT2D eigenvalue weighted by atomic mass is 10.1. The van der Waals surface area contributed by atoms with E-state index >= 15 is 0 Å². The van der Waals surface area contributed by atoms with E-state index in [1.54, 1.807) is 0 Å². The zero-order chi connectivity index (χ0) is 15.5. The largest absolute Gasteiger partial charge is 0.308 e. The minimum absolute atomic E-state index is 0.149. The Morgan fingerprint density at radius 3 is 2.71 bits per heavy atom. The number of nitrogens with one attached hydrogen (secondary N) is 1. The van der Waals surface area contributed by atoms with Crippen LogP contribution < -0.4 is 5.32 Å². The molecule has 1 aromatic heterocycles. The fourth-order valence-electron chi connectivity index (χ4n) is 2.45. The Hall–Kier alpha value is -0.580. The molecule has 2 atom stereocenters. The van der Waals surface area contributed by atoms with Crippen LogP contribution in [0.3, 0.4) is 0 Å². The number of hydrogen-bond acceptors (Lipinski definition) is 4. The summed E-state index contributed by atoms with van der Waals surface area (Å²) >= 11 is 2.08. The Morgan fingerprint density at radius 2 is 2.10 bits per heavy atom. The molecule has 1 aliphatic rings. The number of hydrogen-bond donors (Lipinski definition) is 1. The Balaban J connectivity index is 1.90. The standard InChI is InChI=1S/C17H29N3S/c1-13-14(2)21-9-8-20(13)12-16-7-6-15(10-18-16)11-19-17(3,4)5/h6-7,10,13-14,19H,8-9,11-12H2,1-5H3. The summed E-state index contributed by atoms with van der Waals surface area (Å²) in [6.07, 6.45) is 2.01. The maximum absolute atomic E-state index is 4.64. The first-order valence-corrected chi connectivity index (χ1v) is 8.94. The monoisotopic (exact) mass is 307 g/mol. The van der Waals surface area contributed by atoms with Crippen LogP contribution >= 0.6 is 11.8 Å². The summed E-state index contributed by atoms with van der Waals surface area (Å²) in [7, 11) is 0. The molecule has 0 saturated carbocycles. The number of nitrogens with zero attached hydrogens (tertiary/aromatic N) is 2. The molecule has 1 saturated heterocycles. The van der Waals surface area contributed by atoms with Crippen molar-refractivity contribution in [2.24, 2.45) is 0 Å². The van der Waals surface area contributed by atoms with Crippen LogP contribution in [0.25, 0.3) is 0 Å². The highest BCUT2D eigenvalue weighted by molar-refractivity contribution is 8.00. The van der Waals surface area contributed by atoms with Gasteiger partial charge in [-0.05, 0) is 39.3 Å². The Bertz CT molecular complexity index is 438. The zero-order valence-electron chi connectivity index (χ0n) is 14.0. The molecule has 0 radical (unpaired) electrons. The first-order valence-electron chi connectivity index (χ1n) is 7.89. The second-order valence-electron chi connectivity index (χ2n) is 7.05. The van der Waals surface area contributed by atoms with E-state index in [-0.39, 0.29) is 5.54 Å². The van der Waals surface area contributed by atoms with Crippen LogP contribution in [0.5, 0.6) is 0 Å². The van der Waals surface area contributed by atoms with Crippen molar-refractivity contribution in [3.05, 3.63) is 29.6 Å². The lowest BCUT2D eigenvalue weighted by Crippen LogP contribution is -2.44. The van der Waals surface area contributed by atoms with E-state index < -0.39 is 0 Å². The van der Waals surface area contributed by atoms with Crippen molar-refractivity contribution >= 4 is 11.8 Å². The molecule has 1 fully saturated rings. The van der Waals surface area contributed by atoms with E-state index in [9.17, 15) is 0 Å². The van der Waals surface area contributed by atoms with Crippen molar-refractivity contribution < 1.29 is 0 Å². The third-order valence-electron chi connectivity index (χ3n) is 4.09. The molecule has 0 bridgehead atoms. The van der Waals surface area contributed by atoms with Crippen LogP contribution in [-0.2, 0) is 13.1 Å². The van der Waals surface area contributed by atoms with Gasteiger partial charge in [-0.25, -0.2) is 0 Å². The first-order chi connectivity index (χ1) is 9.85. The van der Waals surface area contributed by atoms with E-state index in [0.717, 1.165) is 13.1 Å². The molecule has 2 rings (SSSR count). The predicted molar refractivity (Wildman–Crippen MR) is 92.6 cm³/mol. The molecule has 1 N–H and O–H groups in total. The molecule has 0 aliphatic carbocycles. The van der Waals surface area contributed by atoms with Crippen molar-refractivity contribution in [1.82, 2.24) is 15.2 Å². The van der Waals surface area contributed by atoms with Gasteiger partial charge >= 0.3 is 0 Å². The van der Waals surface area contributed by atoms with Gasteiger partial charge in [-0.1, -0.05) is 13.0 Å². The van der Waals surface area contributed by atoms with E-state index in [0.29, 0.717) is 11.3 Å². The van der Waals surface area contributed by atoms with E-state index in [1.807, 2.05) is 6.20 Å². The average molecular weight is 308 g/mol. The molecule has 2 unspecified atom stereocenters. The van der Waals surface area contributed by atoms with Gasteiger partial charge in [-0.15, -0.1) is 0 Å². The summed E-state index contributed by atoms with van der Waals surface area (Å²) in [4.78, 5) is 7.20. The molecule has 21 heavy (non-hydrogen) atoms. The Morgan fingerprint density at radius 1 is 1.33 bits per heavy atom. The quantitative estimate of drug-likeness (QED) is 0.924. The van der Waals surface area contributed by atoms with Crippen molar-refractivity contribution in [3.8, 4) is 0 Å². The minimum atomic E-state index is 0.149. The van der Waals surface area contributed by atoms with Gasteiger partial charge in [-0.2, -0.15) is 11.8 Å². The van der Waals surface area contributed by atoms with E-state index in [1.165, 1.54) is 23.6 Å². The third kappa shape index (κ3) is 5.28. The van der Waals surface area contributed by atoms with Crippen LogP contribution in [0, 0.1) is 0 Å². The topological polar surface area (TPSA) is 28.2 Å². The molecule has 0 spiro atoms. The lowest BCUT2D eigenvalue weighted by molar-refractivity contribution is 0.202. The van der Waals surface area contributed by atoms with Crippen LogP contribution in [-0.4, -0.2) is 39.0 Å². The molecule has 2 heterocycles. The van der Waals surface area contributed by atoms with Crippen molar-refractivity contribution in [2.75, 3.05) is 12.3 Å². The fraction of sp³-hybridized carbons (Fsp3) is 0.706. The van der Waals surface area contributed by atoms with Gasteiger partial charge in [0.2, 0.25) is 0 Å². The van der Waals surface area contributed by atoms with Crippen LogP contribution in [0.15, 0.2) is 18.3 Å². The van der Waals surface area contributed by atoms with Gasteiger partial charge in [0.05, 0.1) is 5.69 Å². The minimum Gasteiger partial charge on any atom is -0.308 e. The molecule has 4 heteroatoms. The van der Waals surface area contributed by atoms with Crippen LogP contribution in [0.2, 0.25) is 0 Å². The molecule has 0 aromatic carbocycles. The van der Waals surface area contributed by atoms with Gasteiger partial charge in [0.25, 0.3) is 0 Å². The number of thioether (sulfide) groups is 1. The molecule has 1 aromatic rings. The highest BCUT2D eigenvalue weighted by Crippen LogP contribution is 2.25. The van der Waals surface area contributed by atoms with Crippen molar-refractivity contribution in [1.29, 1.82) is 0 Å². The lowest BCUT2D eigenvalue weighted by Gasteiger charge is -2.37. The summed E-state index contributed by atoms with van der Waals surface area (Å²) < 4.78 is 0. The maximum atomic E-state index is 4.64. The average Bonchev–Trinajstić information content (AvgIpc) is 2.42. The van der Waals surface area contributed by atoms with Gasteiger partial charge in [0.1, 0.15) is 0 Å². The normalized spacial score (nSPS) is 24.2. The van der Waals surface area contributed by atoms with Gasteiger partial charge in [0.15, 0.2) is 0 Å². The zero-order valence-corrected chi connectivity index (χ0v) is 14.8. The molecule has 118 valence electrons. The maximum Gasteiger partial charge on any atom is 0.0544 e. The fourth-order valence-corrected chi connectivity index (χ4v) is 3.61. The Kier molecular flexibility index (Phi) is 5.69. The summed E-state index contributed by atoms with van der Waals surface area (Å²) in [5.74, 6) is 1.24. The highest BCUT2D eigenvalue weighted by Gasteiger charge is 2.25. The summed E-state index contributed by atoms with van der Waals surface area (Å²) in [6.45, 7) is 14.2. The van der Waals surface area contributed by atoms with Crippen molar-refractivity contribution in [3.63, 3.8) is 0 Å². The van der Waals surface area contributed by atoms with Crippen molar-refractivity contribution in [2.45, 2.75) is 64.5 Å². The predicted octanol–water partition coefficient (Wildman–Crippen LogP) is 3.30. The summed E-state index contributed by atoms with van der Waals surface area (Å²) in [6, 6.07) is 5.01. The third-order valence-corrected chi connectivity index (χ3v) is 5.43. The Labute approximate surface area is 133 Å². The van der Waals surface area contributed by atoms with Crippen LogP contribution in [0.1, 0.15) is 45.9 Å². The summed E-state index contributed by atoms with van der Waals surface area (Å²) in [5.41, 5.74) is 2.58. The summed E-state index contributed by atoms with van der Waals surface area (Å²) in [5, 5.41) is 4.22. The molecular formula is C17H29N3S. The molecular weight excluding hydrogens is 278 g/mol. The first kappa shape index (κ1) is 16.8. The van der Waals surface area contributed by atoms with Crippen LogP contribution in [0.4, 0.5) is 0 Å². The van der Waals surface area contributed by atoms with Gasteiger partial charge < -0.3 is 5.32 Å². The van der Waals surface area contributed by atoms with E-state index in [4.69, 9.17) is 0 Å². The second kappa shape index (κ2) is 7.12.